The molecule has 1 saturated heterocycles. The molecular weight excluding hydrogens is 1830 g/mol. The summed E-state index contributed by atoms with van der Waals surface area (Å²) in [6, 6.07) is 13.4. The van der Waals surface area contributed by atoms with Crippen molar-refractivity contribution in [3.63, 3.8) is 0 Å². The van der Waals surface area contributed by atoms with Crippen LogP contribution in [0, 0.1) is 20.8 Å². The summed E-state index contributed by atoms with van der Waals surface area (Å²) in [5.41, 5.74) is 22.5. The molecule has 20 aromatic rings. The summed E-state index contributed by atoms with van der Waals surface area (Å²) >= 11 is 8.35. The Bertz CT molecular complexity index is 7480. The summed E-state index contributed by atoms with van der Waals surface area (Å²) in [5.74, 6) is 4.55. The Kier molecular flexibility index (Phi) is 25.9. The molecule has 0 bridgehead atoms. The second kappa shape index (κ2) is 39.3. The maximum atomic E-state index is 5.94. The Hall–Kier alpha value is -15.4. The van der Waals surface area contributed by atoms with Gasteiger partial charge in [-0.15, -0.1) is 0 Å². The van der Waals surface area contributed by atoms with Gasteiger partial charge < -0.3 is 51.6 Å². The van der Waals surface area contributed by atoms with Crippen LogP contribution < -0.4 is 46.7 Å². The zero-order chi connectivity index (χ0) is 90.9. The fourth-order valence-corrected chi connectivity index (χ4v) is 16.4. The fraction of sp³-hybridized carbons (Fsp3) is 0.213. The third kappa shape index (κ3) is 19.9. The Balaban J connectivity index is 0.000000111. The third-order valence-corrected chi connectivity index (χ3v) is 23.5. The van der Waals surface area contributed by atoms with E-state index in [0.29, 0.717) is 41.6 Å². The molecule has 0 aromatic carbocycles. The van der Waals surface area contributed by atoms with E-state index in [9.17, 15) is 0 Å². The van der Waals surface area contributed by atoms with E-state index in [1.165, 1.54) is 22.7 Å². The molecule has 1 fully saturated rings. The first-order valence-corrected chi connectivity index (χ1v) is 44.3. The number of halogens is 2. The van der Waals surface area contributed by atoms with E-state index >= 15 is 0 Å². The van der Waals surface area contributed by atoms with Gasteiger partial charge in [0.25, 0.3) is 0 Å². The van der Waals surface area contributed by atoms with Crippen molar-refractivity contribution in [2.24, 2.45) is 35.2 Å². The molecule has 0 amide bonds. The minimum atomic E-state index is 0.165. The number of aryl methyl sites for hydroxylation is 8. The molecule has 668 valence electrons. The molecule has 2 aliphatic heterocycles. The summed E-state index contributed by atoms with van der Waals surface area (Å²) < 4.78 is 36.7. The summed E-state index contributed by atoms with van der Waals surface area (Å²) in [4.78, 5) is 64.3. The zero-order valence-corrected chi connectivity index (χ0v) is 77.4. The molecule has 1 atom stereocenters. The highest BCUT2D eigenvalue weighted by molar-refractivity contribution is 9.10. The fourth-order valence-electron chi connectivity index (χ4n) is 14.8. The smallest absolute Gasteiger partial charge is 0.215 e. The van der Waals surface area contributed by atoms with Crippen LogP contribution in [0.25, 0.3) is 90.1 Å². The number of fused-ring (bicyclic) bond motifs is 5. The lowest BCUT2D eigenvalue weighted by atomic mass is 10.0. The summed E-state index contributed by atoms with van der Waals surface area (Å²) in [5, 5.41) is 45.5. The van der Waals surface area contributed by atoms with Crippen molar-refractivity contribution in [2.75, 3.05) is 80.0 Å². The van der Waals surface area contributed by atoms with E-state index in [1.807, 2.05) is 252 Å². The standard InChI is InChI=1S/C19H20N8O.C19H22N8O.C19H20N8S.2C16H14BrN7/c1-26-12-13(9-24-26)16-11-23-19-18(22-6-7-27(16)19)25-14-2-5-21-17(8-14)28-15-3-4-20-10-15;1-25(2)8-9-28-17-10-15(4-5-20-17)24-18-19-22-12-16(27(19)7-6-21-18)14-11-23-26(3)13-14;1-12-16(13-3-5-20-6-4-13)19(28-25-12)24-17-18-22-10-15(27(18)8-7-21-17)14-9-23-26(2)11-14;1-10-5-12(7-19-14(10)17)22-15-16-20-8-13(24(16)4-3-18-15)11-6-21-23(2)9-11;1-10-3-4-12(14(17)21-10)22-15-16-19-8-13(24(16)6-5-18-15)11-7-20-23(2)9-11/h2,5-9,11-12,15,20H,3-4,10H2,1H3,(H,21,22,25);4-7,10-13H,8-9H2,1-3H3,(H,20,21,24);3,7-11,20H,4-6H2,1-2H3,(H,21,24);2*3-9H,1-2H3,(H,18,22)/t15-;;;;/m1..../s1. The normalized spacial score (nSPS) is 13.0. The predicted molar refractivity (Wildman–Crippen MR) is 512 cm³/mol. The molecule has 0 unspecified atom stereocenters. The maximum Gasteiger partial charge on any atom is 0.215 e. The summed E-state index contributed by atoms with van der Waals surface area (Å²) in [7, 11) is 13.5. The number of rotatable bonds is 22. The number of nitrogens with zero attached hydrogens (tertiary/aromatic N) is 31. The molecule has 0 spiro atoms. The first-order valence-electron chi connectivity index (χ1n) is 41.9. The van der Waals surface area contributed by atoms with Gasteiger partial charge in [-0.05, 0) is 146 Å². The highest BCUT2D eigenvalue weighted by Crippen LogP contribution is 2.38. The Morgan fingerprint density at radius 2 is 0.879 bits per heavy atom. The van der Waals surface area contributed by atoms with Crippen LogP contribution >= 0.6 is 43.4 Å². The monoisotopic (exact) mass is 1910 g/mol. The average molecular weight is 1920 g/mol. The van der Waals surface area contributed by atoms with Crippen LogP contribution in [0.5, 0.6) is 11.8 Å². The van der Waals surface area contributed by atoms with Crippen LogP contribution in [0.15, 0.2) is 231 Å². The van der Waals surface area contributed by atoms with E-state index in [1.54, 1.807) is 73.0 Å². The van der Waals surface area contributed by atoms with E-state index in [0.717, 1.165) is 190 Å². The lowest BCUT2D eigenvalue weighted by Crippen LogP contribution is -2.20. The van der Waals surface area contributed by atoms with E-state index in [-0.39, 0.29) is 6.10 Å². The van der Waals surface area contributed by atoms with Gasteiger partial charge in [0, 0.05) is 223 Å². The third-order valence-electron chi connectivity index (χ3n) is 21.2. The van der Waals surface area contributed by atoms with Gasteiger partial charge in [-0.25, -0.2) is 69.8 Å². The Labute approximate surface area is 775 Å². The van der Waals surface area contributed by atoms with E-state index in [2.05, 4.69) is 187 Å². The highest BCUT2D eigenvalue weighted by atomic mass is 79.9. The van der Waals surface area contributed by atoms with Crippen molar-refractivity contribution < 1.29 is 9.47 Å². The van der Waals surface area contributed by atoms with Crippen LogP contribution in [0.4, 0.5) is 56.8 Å². The van der Waals surface area contributed by atoms with Gasteiger partial charge in [0.2, 0.25) is 11.8 Å². The molecule has 0 radical (unpaired) electrons. The Morgan fingerprint density at radius 1 is 0.447 bits per heavy atom. The number of anilines is 10. The number of pyridine rings is 4. The van der Waals surface area contributed by atoms with Crippen molar-refractivity contribution in [1.29, 1.82) is 0 Å². The number of likely N-dealkylation sites (N-methyl/N-ethyl adjacent to an activating group) is 1. The molecule has 20 aromatic heterocycles. The van der Waals surface area contributed by atoms with Crippen molar-refractivity contribution in [1.82, 2.24) is 161 Å². The average Bonchev–Trinajstić information content (AvgIpc) is 1.65. The van der Waals surface area contributed by atoms with Crippen molar-refractivity contribution in [3.05, 3.63) is 254 Å². The first kappa shape index (κ1) is 87.3. The molecule has 22 rings (SSSR count). The largest absolute Gasteiger partial charge is 0.476 e. The number of nitrogens with one attached hydrogen (secondary N) is 7. The number of ether oxygens (including phenoxy) is 2. The zero-order valence-electron chi connectivity index (χ0n) is 73.4. The molecule has 132 heavy (non-hydrogen) atoms. The van der Waals surface area contributed by atoms with Gasteiger partial charge in [0.15, 0.2) is 57.3 Å². The van der Waals surface area contributed by atoms with E-state index < -0.39 is 0 Å². The molecule has 2 aliphatic rings. The number of hydrogen-bond donors (Lipinski definition) is 7. The molecule has 0 saturated carbocycles. The molecular formula is C89H90Br2N38O2S. The second-order valence-corrected chi connectivity index (χ2v) is 33.4. The molecule has 22 heterocycles. The number of aromatic nitrogens is 30. The van der Waals surface area contributed by atoms with Crippen molar-refractivity contribution in [3.8, 4) is 68.0 Å². The SMILES string of the molecule is CN(C)CCOc1cc(Nc2nccn3c(-c4cnn(C)c4)cnc23)ccn1.Cc1cc(Nc2nccn3c(-c4cnn(C)c4)cnc23)cnc1Br.Cc1ccc(Nc2nccn3c(-c4cnn(C)c4)cnc23)c(Br)n1.Cc1nsc(Nc2nccn3c(-c4cnn(C)c4)cnc23)c1C1=CCNCC1.Cn1cc(-c2cnc3c(Nc4ccnc(O[C@@H]5CCNC5)c4)nccn23)cn1. The minimum absolute atomic E-state index is 0.165. The van der Waals surface area contributed by atoms with Gasteiger partial charge in [0.1, 0.15) is 26.9 Å². The van der Waals surface area contributed by atoms with Gasteiger partial charge in [-0.3, -0.25) is 45.4 Å². The van der Waals surface area contributed by atoms with Crippen molar-refractivity contribution in [2.45, 2.75) is 39.7 Å². The van der Waals surface area contributed by atoms with Gasteiger partial charge in [-0.2, -0.15) is 29.9 Å². The topological polar surface area (TPSA) is 410 Å². The minimum Gasteiger partial charge on any atom is -0.476 e. The molecule has 7 N–H and O–H groups in total. The van der Waals surface area contributed by atoms with Crippen LogP contribution in [0.1, 0.15) is 35.4 Å². The van der Waals surface area contributed by atoms with Crippen LogP contribution in [-0.2, 0) is 35.2 Å². The van der Waals surface area contributed by atoms with Gasteiger partial charge >= 0.3 is 0 Å². The second-order valence-electron chi connectivity index (χ2n) is 31.1. The highest BCUT2D eigenvalue weighted by Gasteiger charge is 2.24. The van der Waals surface area contributed by atoms with Crippen LogP contribution in [-0.4, -0.2) is 209 Å². The number of imidazole rings is 5. The first-order chi connectivity index (χ1) is 64.3. The maximum absolute atomic E-state index is 5.94. The van der Waals surface area contributed by atoms with Gasteiger partial charge in [0.05, 0.1) is 114 Å². The summed E-state index contributed by atoms with van der Waals surface area (Å²) in [6.45, 7) is 11.1. The van der Waals surface area contributed by atoms with Crippen LogP contribution in [0.2, 0.25) is 0 Å². The predicted octanol–water partition coefficient (Wildman–Crippen LogP) is 13.9. The lowest BCUT2D eigenvalue weighted by Gasteiger charge is -2.15. The quantitative estimate of drug-likeness (QED) is 0.0310. The molecule has 0 aliphatic carbocycles. The van der Waals surface area contributed by atoms with Crippen molar-refractivity contribution >= 4 is 134 Å². The van der Waals surface area contributed by atoms with Gasteiger partial charge in [-0.1, -0.05) is 6.08 Å². The number of hydrogen-bond acceptors (Lipinski definition) is 31. The summed E-state index contributed by atoms with van der Waals surface area (Å²) in [6.07, 6.45) is 55.9. The molecule has 40 nitrogen and oxygen atoms in total. The van der Waals surface area contributed by atoms with Crippen LogP contribution in [0.3, 0.4) is 0 Å². The molecule has 43 heteroatoms. The van der Waals surface area contributed by atoms with E-state index in [4.69, 9.17) is 9.47 Å². The Morgan fingerprint density at radius 3 is 1.28 bits per heavy atom. The lowest BCUT2D eigenvalue weighted by molar-refractivity contribution is 0.214.